The van der Waals surface area contributed by atoms with E-state index >= 15 is 0 Å². The molecule has 3 aromatic rings. The number of amides is 1. The Morgan fingerprint density at radius 1 is 0.969 bits per heavy atom. The van der Waals surface area contributed by atoms with Gasteiger partial charge in [0, 0.05) is 11.3 Å². The van der Waals surface area contributed by atoms with Crippen LogP contribution in [0.15, 0.2) is 59.8 Å². The number of thioether (sulfide) groups is 1. The van der Waals surface area contributed by atoms with E-state index in [1.807, 2.05) is 30.3 Å². The summed E-state index contributed by atoms with van der Waals surface area (Å²) in [6, 6.07) is 18.5. The molecule has 1 amide bonds. The lowest BCUT2D eigenvalue weighted by Gasteiger charge is -2.57. The number of aromatic amines is 1. The number of benzene rings is 2. The fourth-order valence-corrected chi connectivity index (χ4v) is 7.33. The molecule has 2 N–H and O–H groups in total. The third-order valence-corrected chi connectivity index (χ3v) is 8.51. The van der Waals surface area contributed by atoms with Gasteiger partial charge in [0.1, 0.15) is 0 Å². The molecule has 4 fully saturated rings. The zero-order valence-electron chi connectivity index (χ0n) is 18.1. The molecular formula is C26H28N4OS. The van der Waals surface area contributed by atoms with Crippen LogP contribution in [0.4, 0.5) is 5.69 Å². The summed E-state index contributed by atoms with van der Waals surface area (Å²) in [7, 11) is 0. The Morgan fingerprint density at radius 3 is 2.28 bits per heavy atom. The van der Waals surface area contributed by atoms with E-state index < -0.39 is 0 Å². The monoisotopic (exact) mass is 444 g/mol. The topological polar surface area (TPSA) is 70.7 Å². The summed E-state index contributed by atoms with van der Waals surface area (Å²) >= 11 is 1.34. The molecule has 1 aromatic heterocycles. The number of carbonyl (C=O) groups excluding carboxylic acids is 1. The molecule has 0 spiro atoms. The molecule has 0 unspecified atom stereocenters. The second-order valence-electron chi connectivity index (χ2n) is 9.94. The van der Waals surface area contributed by atoms with Crippen LogP contribution in [0.25, 0.3) is 11.4 Å². The summed E-state index contributed by atoms with van der Waals surface area (Å²) in [6.45, 7) is 0. The summed E-state index contributed by atoms with van der Waals surface area (Å²) in [4.78, 5) is 16.9. The SMILES string of the molecule is O=C(CSc1n[nH]c(-c2ccccc2)n1)Nc1ccc(C23CC4CC(CC(C4)C2)C3)cc1. The van der Waals surface area contributed by atoms with Crippen molar-refractivity contribution in [3.05, 3.63) is 60.2 Å². The molecule has 4 aliphatic carbocycles. The summed E-state index contributed by atoms with van der Waals surface area (Å²) in [5.41, 5.74) is 3.73. The standard InChI is InChI=1S/C26H28N4OS/c31-23(16-32-25-28-24(29-30-25)20-4-2-1-3-5-20)27-22-8-6-21(7-9-22)26-13-17-10-18(14-26)12-19(11-17)15-26/h1-9,17-19H,10-16H2,(H,27,31)(H,28,29,30). The van der Waals surface area contributed by atoms with Crippen molar-refractivity contribution >= 4 is 23.4 Å². The van der Waals surface area contributed by atoms with E-state index in [1.165, 1.54) is 55.9 Å². The van der Waals surface area contributed by atoms with Crippen LogP contribution in [0, 0.1) is 17.8 Å². The highest BCUT2D eigenvalue weighted by Crippen LogP contribution is 2.60. The Bertz CT molecular complexity index is 1070. The van der Waals surface area contributed by atoms with Gasteiger partial charge in [-0.25, -0.2) is 4.98 Å². The van der Waals surface area contributed by atoms with Crippen molar-refractivity contribution in [2.24, 2.45) is 17.8 Å². The van der Waals surface area contributed by atoms with Gasteiger partial charge in [0.05, 0.1) is 5.75 Å². The third-order valence-electron chi connectivity index (χ3n) is 7.66. The van der Waals surface area contributed by atoms with Crippen molar-refractivity contribution in [3.8, 4) is 11.4 Å². The summed E-state index contributed by atoms with van der Waals surface area (Å²) in [5, 5.41) is 10.8. The van der Waals surface area contributed by atoms with Gasteiger partial charge in [0.25, 0.3) is 0 Å². The normalized spacial score (nSPS) is 28.1. The minimum atomic E-state index is -0.0383. The van der Waals surface area contributed by atoms with Gasteiger partial charge in [0.15, 0.2) is 5.82 Å². The Hall–Kier alpha value is -2.60. The highest BCUT2D eigenvalue weighted by molar-refractivity contribution is 7.99. The lowest BCUT2D eigenvalue weighted by atomic mass is 9.48. The maximum atomic E-state index is 12.5. The van der Waals surface area contributed by atoms with E-state index in [4.69, 9.17) is 0 Å². The number of carbonyl (C=O) groups is 1. The Morgan fingerprint density at radius 2 is 1.62 bits per heavy atom. The minimum absolute atomic E-state index is 0.0383. The lowest BCUT2D eigenvalue weighted by Crippen LogP contribution is -2.48. The van der Waals surface area contributed by atoms with Gasteiger partial charge in [-0.2, -0.15) is 0 Å². The number of H-pyrrole nitrogens is 1. The molecule has 7 rings (SSSR count). The van der Waals surface area contributed by atoms with Crippen molar-refractivity contribution < 1.29 is 4.79 Å². The smallest absolute Gasteiger partial charge is 0.234 e. The fourth-order valence-electron chi connectivity index (χ4n) is 6.73. The molecular weight excluding hydrogens is 416 g/mol. The summed E-state index contributed by atoms with van der Waals surface area (Å²) in [5.74, 6) is 3.78. The van der Waals surface area contributed by atoms with Crippen molar-refractivity contribution in [1.82, 2.24) is 15.2 Å². The molecule has 32 heavy (non-hydrogen) atoms. The molecule has 0 saturated heterocycles. The van der Waals surface area contributed by atoms with Gasteiger partial charge in [-0.05, 0) is 79.4 Å². The van der Waals surface area contributed by atoms with E-state index in [-0.39, 0.29) is 11.7 Å². The molecule has 0 aliphatic heterocycles. The number of anilines is 1. The van der Waals surface area contributed by atoms with E-state index in [1.54, 1.807) is 0 Å². The van der Waals surface area contributed by atoms with Crippen LogP contribution in [0.1, 0.15) is 44.1 Å². The number of nitrogens with zero attached hydrogens (tertiary/aromatic N) is 2. The maximum absolute atomic E-state index is 12.5. The molecule has 2 aromatic carbocycles. The van der Waals surface area contributed by atoms with Gasteiger partial charge in [-0.1, -0.05) is 54.2 Å². The maximum Gasteiger partial charge on any atom is 0.234 e. The largest absolute Gasteiger partial charge is 0.325 e. The van der Waals surface area contributed by atoms with Crippen LogP contribution in [0.5, 0.6) is 0 Å². The summed E-state index contributed by atoms with van der Waals surface area (Å²) < 4.78 is 0. The van der Waals surface area contributed by atoms with E-state index in [2.05, 4.69) is 44.8 Å². The first-order valence-corrected chi connectivity index (χ1v) is 12.6. The predicted octanol–water partition coefficient (Wildman–Crippen LogP) is 5.67. The van der Waals surface area contributed by atoms with Crippen LogP contribution < -0.4 is 5.32 Å². The number of nitrogens with one attached hydrogen (secondary N) is 2. The number of rotatable bonds is 6. The Labute approximate surface area is 192 Å². The molecule has 1 heterocycles. The van der Waals surface area contributed by atoms with Crippen LogP contribution in [0.3, 0.4) is 0 Å². The molecule has 4 saturated carbocycles. The molecule has 164 valence electrons. The van der Waals surface area contributed by atoms with Crippen LogP contribution in [-0.4, -0.2) is 26.8 Å². The average Bonchev–Trinajstić information content (AvgIpc) is 3.27. The number of hydrogen-bond donors (Lipinski definition) is 2. The molecule has 6 heteroatoms. The van der Waals surface area contributed by atoms with E-state index in [0.717, 1.165) is 29.0 Å². The van der Waals surface area contributed by atoms with Crippen molar-refractivity contribution in [2.75, 3.05) is 11.1 Å². The Kier molecular flexibility index (Phi) is 5.05. The number of aromatic nitrogens is 3. The first-order chi connectivity index (χ1) is 15.6. The van der Waals surface area contributed by atoms with Crippen LogP contribution >= 0.6 is 11.8 Å². The van der Waals surface area contributed by atoms with Gasteiger partial charge in [0.2, 0.25) is 11.1 Å². The van der Waals surface area contributed by atoms with Crippen molar-refractivity contribution in [1.29, 1.82) is 0 Å². The highest BCUT2D eigenvalue weighted by Gasteiger charge is 2.51. The second-order valence-corrected chi connectivity index (χ2v) is 10.9. The van der Waals surface area contributed by atoms with E-state index in [0.29, 0.717) is 16.4 Å². The number of hydrogen-bond acceptors (Lipinski definition) is 4. The average molecular weight is 445 g/mol. The fraction of sp³-hybridized carbons (Fsp3) is 0.423. The molecule has 0 radical (unpaired) electrons. The zero-order valence-corrected chi connectivity index (χ0v) is 18.9. The van der Waals surface area contributed by atoms with Crippen molar-refractivity contribution in [3.63, 3.8) is 0 Å². The first kappa shape index (κ1) is 20.0. The first-order valence-electron chi connectivity index (χ1n) is 11.7. The molecule has 4 bridgehead atoms. The third kappa shape index (κ3) is 3.85. The molecule has 5 nitrogen and oxygen atoms in total. The zero-order chi connectivity index (χ0) is 21.5. The lowest BCUT2D eigenvalue weighted by molar-refractivity contribution is -0.113. The van der Waals surface area contributed by atoms with E-state index in [9.17, 15) is 4.79 Å². The van der Waals surface area contributed by atoms with Crippen molar-refractivity contribution in [2.45, 2.75) is 49.1 Å². The van der Waals surface area contributed by atoms with Crippen LogP contribution in [-0.2, 0) is 10.2 Å². The Balaban J connectivity index is 1.06. The molecule has 0 atom stereocenters. The molecule has 4 aliphatic rings. The van der Waals surface area contributed by atoms with Gasteiger partial charge >= 0.3 is 0 Å². The minimum Gasteiger partial charge on any atom is -0.325 e. The summed E-state index contributed by atoms with van der Waals surface area (Å²) in [6.07, 6.45) is 8.48. The highest BCUT2D eigenvalue weighted by atomic mass is 32.2. The van der Waals surface area contributed by atoms with Crippen LogP contribution in [0.2, 0.25) is 0 Å². The van der Waals surface area contributed by atoms with Gasteiger partial charge < -0.3 is 5.32 Å². The van der Waals surface area contributed by atoms with Gasteiger partial charge in [-0.3, -0.25) is 9.89 Å². The second kappa shape index (κ2) is 8.07. The van der Waals surface area contributed by atoms with Gasteiger partial charge in [-0.15, -0.1) is 5.10 Å². The predicted molar refractivity (Wildman–Crippen MR) is 127 cm³/mol. The quantitative estimate of drug-likeness (QED) is 0.481.